The van der Waals surface area contributed by atoms with E-state index in [2.05, 4.69) is 203 Å². The summed E-state index contributed by atoms with van der Waals surface area (Å²) in [4.78, 5) is 16.2. The minimum absolute atomic E-state index is 0.571. The van der Waals surface area contributed by atoms with E-state index in [1.54, 1.807) is 0 Å². The Bertz CT molecular complexity index is 3870. The van der Waals surface area contributed by atoms with Crippen LogP contribution in [0.25, 0.3) is 121 Å². The molecule has 13 aromatic rings. The molecule has 0 atom stereocenters. The van der Waals surface area contributed by atoms with Crippen LogP contribution in [0.1, 0.15) is 0 Å². The number of para-hydroxylation sites is 4. The summed E-state index contributed by atoms with van der Waals surface area (Å²) >= 11 is 0. The Morgan fingerprint density at radius 2 is 0.694 bits per heavy atom. The summed E-state index contributed by atoms with van der Waals surface area (Å²) in [6.07, 6.45) is 0. The Hall–Kier alpha value is -8.41. The van der Waals surface area contributed by atoms with Gasteiger partial charge in [-0.3, -0.25) is 4.57 Å². The molecule has 0 saturated carbocycles. The van der Waals surface area contributed by atoms with Crippen LogP contribution in [-0.2, 0) is 0 Å². The van der Waals surface area contributed by atoms with Gasteiger partial charge in [-0.1, -0.05) is 158 Å². The minimum Gasteiger partial charge on any atom is -0.309 e. The largest absolute Gasteiger partial charge is 0.309 e. The maximum atomic E-state index is 5.50. The zero-order chi connectivity index (χ0) is 40.7. The summed E-state index contributed by atoms with van der Waals surface area (Å²) in [6.45, 7) is 0. The highest BCUT2D eigenvalue weighted by Gasteiger charge is 2.22. The van der Waals surface area contributed by atoms with E-state index in [-0.39, 0.29) is 0 Å². The van der Waals surface area contributed by atoms with E-state index in [9.17, 15) is 0 Å². The van der Waals surface area contributed by atoms with Gasteiger partial charge in [0.15, 0.2) is 11.6 Å². The Morgan fingerprint density at radius 3 is 1.29 bits per heavy atom. The van der Waals surface area contributed by atoms with Crippen molar-refractivity contribution in [1.82, 2.24) is 24.1 Å². The first-order chi connectivity index (χ1) is 30.8. The summed E-state index contributed by atoms with van der Waals surface area (Å²) < 4.78 is 4.56. The standard InChI is InChI=1S/C57H35N5/c1-3-17-36(18-4-1)55-58-56(60-57(59-55)62-52-29-15-11-25-43(52)44-26-12-16-30-53(44)62)50-35-48-42-24-10-8-22-40(42)39-21-7-9-23-41(39)47(48)34-46(50)37-31-32-54-49(33-37)45-27-13-14-28-51(45)61(54)38-19-5-2-6-20-38/h1-35H. The molecule has 62 heavy (non-hydrogen) atoms. The first-order valence-electron chi connectivity index (χ1n) is 21.0. The van der Waals surface area contributed by atoms with Gasteiger partial charge in [-0.25, -0.2) is 4.98 Å². The average molecular weight is 790 g/mol. The zero-order valence-electron chi connectivity index (χ0n) is 33.4. The summed E-state index contributed by atoms with van der Waals surface area (Å²) in [7, 11) is 0. The van der Waals surface area contributed by atoms with Gasteiger partial charge in [0, 0.05) is 38.4 Å². The number of aromatic nitrogens is 5. The Morgan fingerprint density at radius 1 is 0.258 bits per heavy atom. The van der Waals surface area contributed by atoms with E-state index in [0.29, 0.717) is 17.6 Å². The molecular weight excluding hydrogens is 755 g/mol. The van der Waals surface area contributed by atoms with Gasteiger partial charge in [-0.05, 0) is 98.0 Å². The highest BCUT2D eigenvalue weighted by Crippen LogP contribution is 2.44. The van der Waals surface area contributed by atoms with Gasteiger partial charge in [0.25, 0.3) is 0 Å². The quantitative estimate of drug-likeness (QED) is 0.163. The van der Waals surface area contributed by atoms with Crippen LogP contribution in [0.15, 0.2) is 212 Å². The zero-order valence-corrected chi connectivity index (χ0v) is 33.4. The van der Waals surface area contributed by atoms with Crippen LogP contribution in [0.5, 0.6) is 0 Å². The fourth-order valence-corrected chi connectivity index (χ4v) is 9.81. The fraction of sp³-hybridized carbons (Fsp3) is 0. The number of rotatable bonds is 5. The van der Waals surface area contributed by atoms with E-state index in [4.69, 9.17) is 15.0 Å². The Kier molecular flexibility index (Phi) is 7.54. The lowest BCUT2D eigenvalue weighted by atomic mass is 9.89. The number of fused-ring (bicyclic) bond motifs is 12. The Balaban J connectivity index is 1.16. The van der Waals surface area contributed by atoms with Crippen LogP contribution >= 0.6 is 0 Å². The van der Waals surface area contributed by atoms with Crippen LogP contribution in [0.3, 0.4) is 0 Å². The molecule has 0 radical (unpaired) electrons. The van der Waals surface area contributed by atoms with Crippen LogP contribution in [-0.4, -0.2) is 24.1 Å². The van der Waals surface area contributed by atoms with Gasteiger partial charge in [-0.15, -0.1) is 0 Å². The van der Waals surface area contributed by atoms with Gasteiger partial charge in [0.05, 0.1) is 22.1 Å². The molecule has 13 rings (SSSR count). The van der Waals surface area contributed by atoms with Crippen molar-refractivity contribution in [2.75, 3.05) is 0 Å². The first-order valence-corrected chi connectivity index (χ1v) is 21.0. The first kappa shape index (κ1) is 34.5. The summed E-state index contributed by atoms with van der Waals surface area (Å²) in [5.74, 6) is 1.79. The van der Waals surface area contributed by atoms with Crippen molar-refractivity contribution in [3.8, 4) is 45.5 Å². The van der Waals surface area contributed by atoms with Gasteiger partial charge in [0.1, 0.15) is 0 Å². The number of nitrogens with zero attached hydrogens (tertiary/aromatic N) is 5. The molecular formula is C57H35N5. The van der Waals surface area contributed by atoms with Crippen molar-refractivity contribution in [2.45, 2.75) is 0 Å². The number of hydrogen-bond acceptors (Lipinski definition) is 3. The lowest BCUT2D eigenvalue weighted by molar-refractivity contribution is 0.954. The predicted molar refractivity (Wildman–Crippen MR) is 257 cm³/mol. The van der Waals surface area contributed by atoms with Gasteiger partial charge >= 0.3 is 0 Å². The molecule has 0 fully saturated rings. The van der Waals surface area contributed by atoms with E-state index < -0.39 is 0 Å². The van der Waals surface area contributed by atoms with E-state index in [1.165, 1.54) is 43.2 Å². The summed E-state index contributed by atoms with van der Waals surface area (Å²) in [6, 6.07) is 75.7. The molecule has 10 aromatic carbocycles. The van der Waals surface area contributed by atoms with Crippen LogP contribution in [0, 0.1) is 0 Å². The second kappa shape index (κ2) is 13.6. The molecule has 0 aliphatic carbocycles. The highest BCUT2D eigenvalue weighted by molar-refractivity contribution is 6.26. The molecule has 3 heterocycles. The molecule has 0 unspecified atom stereocenters. The van der Waals surface area contributed by atoms with E-state index >= 15 is 0 Å². The van der Waals surface area contributed by atoms with E-state index in [1.807, 2.05) is 18.2 Å². The molecule has 288 valence electrons. The third-order valence-corrected chi connectivity index (χ3v) is 12.6. The minimum atomic E-state index is 0.571. The van der Waals surface area contributed by atoms with Crippen molar-refractivity contribution in [3.63, 3.8) is 0 Å². The fourth-order valence-electron chi connectivity index (χ4n) is 9.81. The van der Waals surface area contributed by atoms with Crippen molar-refractivity contribution < 1.29 is 0 Å². The molecule has 5 nitrogen and oxygen atoms in total. The van der Waals surface area contributed by atoms with Crippen molar-refractivity contribution in [1.29, 1.82) is 0 Å². The van der Waals surface area contributed by atoms with Crippen molar-refractivity contribution in [3.05, 3.63) is 212 Å². The second-order valence-corrected chi connectivity index (χ2v) is 16.0. The molecule has 0 amide bonds. The van der Waals surface area contributed by atoms with Crippen LogP contribution in [0.4, 0.5) is 0 Å². The third-order valence-electron chi connectivity index (χ3n) is 12.6. The highest BCUT2D eigenvalue weighted by atomic mass is 15.2. The van der Waals surface area contributed by atoms with Gasteiger partial charge < -0.3 is 4.57 Å². The second-order valence-electron chi connectivity index (χ2n) is 16.0. The van der Waals surface area contributed by atoms with Crippen molar-refractivity contribution in [2.24, 2.45) is 0 Å². The molecule has 5 heteroatoms. The maximum Gasteiger partial charge on any atom is 0.238 e. The summed E-state index contributed by atoms with van der Waals surface area (Å²) in [5.41, 5.74) is 9.54. The summed E-state index contributed by atoms with van der Waals surface area (Å²) in [5, 5.41) is 11.9. The lowest BCUT2D eigenvalue weighted by Crippen LogP contribution is -2.07. The average Bonchev–Trinajstić information content (AvgIpc) is 3.87. The molecule has 3 aromatic heterocycles. The molecule has 0 aliphatic rings. The molecule has 0 N–H and O–H groups in total. The van der Waals surface area contributed by atoms with Crippen LogP contribution < -0.4 is 0 Å². The predicted octanol–water partition coefficient (Wildman–Crippen LogP) is 14.5. The van der Waals surface area contributed by atoms with Crippen molar-refractivity contribution >= 4 is 75.9 Å². The third kappa shape index (κ3) is 5.18. The van der Waals surface area contributed by atoms with Gasteiger partial charge in [-0.2, -0.15) is 9.97 Å². The van der Waals surface area contributed by atoms with E-state index in [0.717, 1.165) is 60.6 Å². The molecule has 0 bridgehead atoms. The smallest absolute Gasteiger partial charge is 0.238 e. The molecule has 0 saturated heterocycles. The van der Waals surface area contributed by atoms with Crippen LogP contribution in [0.2, 0.25) is 0 Å². The molecule has 0 spiro atoms. The topological polar surface area (TPSA) is 48.5 Å². The number of benzene rings is 10. The lowest BCUT2D eigenvalue weighted by Gasteiger charge is -2.17. The SMILES string of the molecule is c1ccc(-c2nc(-c3cc4c5ccccc5c5ccccc5c4cc3-c3ccc4c(c3)c3ccccc3n4-c3ccccc3)nc(-n3c4ccccc4c4ccccc43)n2)cc1. The monoisotopic (exact) mass is 789 g/mol. The normalized spacial score (nSPS) is 11.9. The van der Waals surface area contributed by atoms with Gasteiger partial charge in [0.2, 0.25) is 5.95 Å². The Labute approximate surface area is 356 Å². The number of hydrogen-bond donors (Lipinski definition) is 0. The molecule has 0 aliphatic heterocycles. The maximum absolute atomic E-state index is 5.50.